The summed E-state index contributed by atoms with van der Waals surface area (Å²) in [6.07, 6.45) is 3.83. The van der Waals surface area contributed by atoms with Crippen molar-refractivity contribution < 1.29 is 13.2 Å². The van der Waals surface area contributed by atoms with E-state index in [1.807, 2.05) is 11.8 Å². The van der Waals surface area contributed by atoms with E-state index in [1.165, 1.54) is 4.31 Å². The Morgan fingerprint density at radius 1 is 1.09 bits per heavy atom. The van der Waals surface area contributed by atoms with Gasteiger partial charge in [-0.05, 0) is 61.5 Å². The Bertz CT molecular complexity index is 646. The standard InChI is InChI=1S/C16H22N2O3S2/c19-16(17-14-7-11-22-12-8-14)13-3-5-15(6-4-13)23(20,21)18-9-1-2-10-18/h3-6,14H,1-2,7-12H2,(H,17,19). The Morgan fingerprint density at radius 3 is 2.30 bits per heavy atom. The average molecular weight is 354 g/mol. The lowest BCUT2D eigenvalue weighted by atomic mass is 10.1. The van der Waals surface area contributed by atoms with Crippen molar-refractivity contribution in [3.8, 4) is 0 Å². The smallest absolute Gasteiger partial charge is 0.251 e. The highest BCUT2D eigenvalue weighted by Gasteiger charge is 2.27. The van der Waals surface area contributed by atoms with Gasteiger partial charge < -0.3 is 5.32 Å². The van der Waals surface area contributed by atoms with Gasteiger partial charge >= 0.3 is 0 Å². The van der Waals surface area contributed by atoms with Crippen LogP contribution in [0.1, 0.15) is 36.0 Å². The number of rotatable bonds is 4. The summed E-state index contributed by atoms with van der Waals surface area (Å²) in [4.78, 5) is 12.5. The molecular weight excluding hydrogens is 332 g/mol. The minimum atomic E-state index is -3.41. The molecule has 0 bridgehead atoms. The van der Waals surface area contributed by atoms with E-state index in [4.69, 9.17) is 0 Å². The maximum absolute atomic E-state index is 12.5. The first-order valence-electron chi connectivity index (χ1n) is 8.06. The lowest BCUT2D eigenvalue weighted by Gasteiger charge is -2.22. The molecule has 2 fully saturated rings. The Hall–Kier alpha value is -1.05. The molecule has 5 nitrogen and oxygen atoms in total. The topological polar surface area (TPSA) is 66.5 Å². The molecule has 126 valence electrons. The van der Waals surface area contributed by atoms with Gasteiger partial charge in [-0.2, -0.15) is 16.1 Å². The van der Waals surface area contributed by atoms with Gasteiger partial charge in [-0.15, -0.1) is 0 Å². The second kappa shape index (κ2) is 7.23. The van der Waals surface area contributed by atoms with Crippen molar-refractivity contribution in [1.29, 1.82) is 0 Å². The summed E-state index contributed by atoms with van der Waals surface area (Å²) in [7, 11) is -3.41. The first-order valence-corrected chi connectivity index (χ1v) is 10.7. The van der Waals surface area contributed by atoms with Crippen molar-refractivity contribution in [3.63, 3.8) is 0 Å². The maximum atomic E-state index is 12.5. The molecule has 7 heteroatoms. The number of carbonyl (C=O) groups is 1. The van der Waals surface area contributed by atoms with Gasteiger partial charge in [-0.1, -0.05) is 0 Å². The van der Waals surface area contributed by atoms with Gasteiger partial charge in [-0.3, -0.25) is 4.79 Å². The van der Waals surface area contributed by atoms with Gasteiger partial charge in [0, 0.05) is 24.7 Å². The lowest BCUT2D eigenvalue weighted by molar-refractivity contribution is 0.0934. The number of hydrogen-bond acceptors (Lipinski definition) is 4. The number of hydrogen-bond donors (Lipinski definition) is 1. The van der Waals surface area contributed by atoms with Crippen molar-refractivity contribution >= 4 is 27.7 Å². The van der Waals surface area contributed by atoms with E-state index in [0.717, 1.165) is 37.2 Å². The minimum Gasteiger partial charge on any atom is -0.349 e. The van der Waals surface area contributed by atoms with Crippen molar-refractivity contribution in [2.24, 2.45) is 0 Å². The van der Waals surface area contributed by atoms with E-state index in [2.05, 4.69) is 5.32 Å². The van der Waals surface area contributed by atoms with Gasteiger partial charge in [0.1, 0.15) is 0 Å². The van der Waals surface area contributed by atoms with Gasteiger partial charge in [0.05, 0.1) is 4.90 Å². The van der Waals surface area contributed by atoms with Gasteiger partial charge in [-0.25, -0.2) is 8.42 Å². The molecule has 1 amide bonds. The van der Waals surface area contributed by atoms with Crippen LogP contribution in [0.2, 0.25) is 0 Å². The summed E-state index contributed by atoms with van der Waals surface area (Å²) in [5.41, 5.74) is 0.517. The predicted octanol–water partition coefficient (Wildman–Crippen LogP) is 2.10. The SMILES string of the molecule is O=C(NC1CCSCC1)c1ccc(S(=O)(=O)N2CCCC2)cc1. The average Bonchev–Trinajstić information content (AvgIpc) is 3.11. The Kier molecular flexibility index (Phi) is 5.28. The maximum Gasteiger partial charge on any atom is 0.251 e. The van der Waals surface area contributed by atoms with Crippen molar-refractivity contribution in [2.75, 3.05) is 24.6 Å². The molecule has 0 radical (unpaired) electrons. The number of nitrogens with zero attached hydrogens (tertiary/aromatic N) is 1. The van der Waals surface area contributed by atoms with Crippen LogP contribution in [0.15, 0.2) is 29.2 Å². The summed E-state index contributed by atoms with van der Waals surface area (Å²) in [5.74, 6) is 2.04. The fraction of sp³-hybridized carbons (Fsp3) is 0.562. The zero-order valence-electron chi connectivity index (χ0n) is 13.0. The number of amides is 1. The highest BCUT2D eigenvalue weighted by molar-refractivity contribution is 7.99. The third-order valence-corrected chi connectivity index (χ3v) is 7.34. The van der Waals surface area contributed by atoms with Crippen LogP contribution < -0.4 is 5.32 Å². The minimum absolute atomic E-state index is 0.118. The van der Waals surface area contributed by atoms with Crippen LogP contribution in [0, 0.1) is 0 Å². The largest absolute Gasteiger partial charge is 0.349 e. The zero-order chi connectivity index (χ0) is 16.3. The molecule has 2 aliphatic heterocycles. The Balaban J connectivity index is 1.67. The summed E-state index contributed by atoms with van der Waals surface area (Å²) in [6.45, 7) is 1.18. The van der Waals surface area contributed by atoms with Gasteiger partial charge in [0.2, 0.25) is 10.0 Å². The van der Waals surface area contributed by atoms with E-state index in [0.29, 0.717) is 18.7 Å². The fourth-order valence-electron chi connectivity index (χ4n) is 2.97. The molecule has 0 saturated carbocycles. The predicted molar refractivity (Wildman–Crippen MR) is 92.2 cm³/mol. The molecule has 2 heterocycles. The molecule has 1 aromatic carbocycles. The van der Waals surface area contributed by atoms with Crippen LogP contribution >= 0.6 is 11.8 Å². The highest BCUT2D eigenvalue weighted by Crippen LogP contribution is 2.21. The number of thioether (sulfide) groups is 1. The molecule has 0 aromatic heterocycles. The third-order valence-electron chi connectivity index (χ3n) is 4.38. The summed E-state index contributed by atoms with van der Waals surface area (Å²) in [5, 5.41) is 3.04. The molecule has 0 unspecified atom stereocenters. The molecular formula is C16H22N2O3S2. The van der Waals surface area contributed by atoms with Crippen LogP contribution in [0.3, 0.4) is 0 Å². The number of sulfonamides is 1. The second-order valence-corrected chi connectivity index (χ2v) is 9.16. The van der Waals surface area contributed by atoms with E-state index >= 15 is 0 Å². The van der Waals surface area contributed by atoms with Crippen LogP contribution in [-0.2, 0) is 10.0 Å². The van der Waals surface area contributed by atoms with E-state index in [-0.39, 0.29) is 16.8 Å². The molecule has 1 aromatic rings. The van der Waals surface area contributed by atoms with Crippen molar-refractivity contribution in [3.05, 3.63) is 29.8 Å². The molecule has 1 N–H and O–H groups in total. The van der Waals surface area contributed by atoms with Gasteiger partial charge in [0.25, 0.3) is 5.91 Å². The third kappa shape index (κ3) is 3.89. The number of carbonyl (C=O) groups excluding carboxylic acids is 1. The van der Waals surface area contributed by atoms with Crippen LogP contribution in [-0.4, -0.2) is 49.3 Å². The Labute approximate surface area is 141 Å². The quantitative estimate of drug-likeness (QED) is 0.899. The lowest BCUT2D eigenvalue weighted by Crippen LogP contribution is -2.37. The molecule has 0 atom stereocenters. The van der Waals surface area contributed by atoms with E-state index in [1.54, 1.807) is 24.3 Å². The summed E-state index contributed by atoms with van der Waals surface area (Å²) >= 11 is 1.92. The highest BCUT2D eigenvalue weighted by atomic mass is 32.2. The van der Waals surface area contributed by atoms with Crippen LogP contribution in [0.25, 0.3) is 0 Å². The van der Waals surface area contributed by atoms with E-state index in [9.17, 15) is 13.2 Å². The van der Waals surface area contributed by atoms with Crippen LogP contribution in [0.4, 0.5) is 0 Å². The molecule has 0 aliphatic carbocycles. The van der Waals surface area contributed by atoms with Crippen molar-refractivity contribution in [1.82, 2.24) is 9.62 Å². The number of nitrogens with one attached hydrogen (secondary N) is 1. The molecule has 3 rings (SSSR count). The Morgan fingerprint density at radius 2 is 1.70 bits per heavy atom. The summed E-state index contributed by atoms with van der Waals surface area (Å²) < 4.78 is 26.4. The molecule has 0 spiro atoms. The fourth-order valence-corrected chi connectivity index (χ4v) is 5.59. The van der Waals surface area contributed by atoms with E-state index < -0.39 is 10.0 Å². The van der Waals surface area contributed by atoms with Gasteiger partial charge in [0.15, 0.2) is 0 Å². The molecule has 2 aliphatic rings. The first kappa shape index (κ1) is 16.8. The second-order valence-electron chi connectivity index (χ2n) is 6.00. The van der Waals surface area contributed by atoms with Crippen LogP contribution in [0.5, 0.6) is 0 Å². The zero-order valence-corrected chi connectivity index (χ0v) is 14.7. The van der Waals surface area contributed by atoms with Crippen molar-refractivity contribution in [2.45, 2.75) is 36.6 Å². The first-order chi connectivity index (χ1) is 11.1. The summed E-state index contributed by atoms with van der Waals surface area (Å²) in [6, 6.07) is 6.53. The monoisotopic (exact) mass is 354 g/mol. The normalized spacial score (nSPS) is 20.5. The molecule has 2 saturated heterocycles. The number of benzene rings is 1. The molecule has 23 heavy (non-hydrogen) atoms.